The van der Waals surface area contributed by atoms with E-state index in [0.717, 1.165) is 11.8 Å². The second kappa shape index (κ2) is 7.28. The molecule has 1 aliphatic rings. The van der Waals surface area contributed by atoms with Crippen molar-refractivity contribution in [2.45, 2.75) is 58.8 Å². The molecule has 14 heavy (non-hydrogen) atoms. The quantitative estimate of drug-likeness (QED) is 0.642. The summed E-state index contributed by atoms with van der Waals surface area (Å²) in [6, 6.07) is 0. The van der Waals surface area contributed by atoms with Crippen LogP contribution in [0.4, 0.5) is 0 Å². The van der Waals surface area contributed by atoms with Crippen LogP contribution in [0.2, 0.25) is 0 Å². The zero-order chi connectivity index (χ0) is 10.2. The van der Waals surface area contributed by atoms with Crippen molar-refractivity contribution in [1.82, 2.24) is 5.32 Å². The van der Waals surface area contributed by atoms with E-state index in [4.69, 9.17) is 0 Å². The van der Waals surface area contributed by atoms with Crippen LogP contribution in [0.15, 0.2) is 0 Å². The van der Waals surface area contributed by atoms with Gasteiger partial charge in [-0.3, -0.25) is 0 Å². The van der Waals surface area contributed by atoms with Crippen molar-refractivity contribution in [2.24, 2.45) is 11.8 Å². The van der Waals surface area contributed by atoms with Gasteiger partial charge in [0, 0.05) is 0 Å². The molecule has 1 N–H and O–H groups in total. The molecule has 0 aromatic heterocycles. The zero-order valence-corrected chi connectivity index (χ0v) is 10.0. The van der Waals surface area contributed by atoms with Crippen LogP contribution in [-0.4, -0.2) is 13.1 Å². The summed E-state index contributed by atoms with van der Waals surface area (Å²) in [5.74, 6) is 1.88. The first-order chi connectivity index (χ1) is 6.79. The molecule has 0 bridgehead atoms. The maximum atomic E-state index is 3.56. The van der Waals surface area contributed by atoms with E-state index < -0.39 is 0 Å². The highest BCUT2D eigenvalue weighted by Crippen LogP contribution is 2.25. The van der Waals surface area contributed by atoms with Gasteiger partial charge in [-0.25, -0.2) is 0 Å². The smallest absolute Gasteiger partial charge is 0.00463 e. The molecule has 0 unspecified atom stereocenters. The topological polar surface area (TPSA) is 12.0 Å². The van der Waals surface area contributed by atoms with E-state index in [9.17, 15) is 0 Å². The molecule has 0 heterocycles. The van der Waals surface area contributed by atoms with Crippen LogP contribution in [0, 0.1) is 11.8 Å². The molecule has 1 fully saturated rings. The minimum atomic E-state index is 0.845. The molecule has 1 nitrogen and oxygen atoms in total. The molecule has 1 aliphatic carbocycles. The van der Waals surface area contributed by atoms with Gasteiger partial charge in [0.05, 0.1) is 0 Å². The third-order valence-corrected chi connectivity index (χ3v) is 3.35. The Kier molecular flexibility index (Phi) is 6.25. The van der Waals surface area contributed by atoms with E-state index >= 15 is 0 Å². The maximum Gasteiger partial charge on any atom is -0.00463 e. The van der Waals surface area contributed by atoms with Gasteiger partial charge in [0.2, 0.25) is 0 Å². The number of hydrogen-bond acceptors (Lipinski definition) is 1. The van der Waals surface area contributed by atoms with Gasteiger partial charge in [-0.1, -0.05) is 46.0 Å². The summed E-state index contributed by atoms with van der Waals surface area (Å²) < 4.78 is 0. The lowest BCUT2D eigenvalue weighted by molar-refractivity contribution is 0.333. The third kappa shape index (κ3) is 5.64. The number of hydrogen-bond donors (Lipinski definition) is 1. The first-order valence-electron chi connectivity index (χ1n) is 6.49. The van der Waals surface area contributed by atoms with Crippen LogP contribution < -0.4 is 5.32 Å². The predicted octanol–water partition coefficient (Wildman–Crippen LogP) is 3.59. The standard InChI is InChI=1S/C13H27N/c1-12(2)8-10-14-11-9-13-6-4-3-5-7-13/h12-14H,3-11H2,1-2H3. The third-order valence-electron chi connectivity index (χ3n) is 3.35. The fourth-order valence-electron chi connectivity index (χ4n) is 2.30. The number of rotatable bonds is 6. The molecule has 84 valence electrons. The molecule has 0 aromatic carbocycles. The lowest BCUT2D eigenvalue weighted by Crippen LogP contribution is -2.21. The summed E-state index contributed by atoms with van der Waals surface area (Å²) in [6.45, 7) is 7.05. The Balaban J connectivity index is 1.87. The molecule has 0 spiro atoms. The molecular weight excluding hydrogens is 170 g/mol. The Hall–Kier alpha value is -0.0400. The highest BCUT2D eigenvalue weighted by molar-refractivity contribution is 4.66. The van der Waals surface area contributed by atoms with E-state index in [1.807, 2.05) is 0 Å². The van der Waals surface area contributed by atoms with Gasteiger partial charge in [-0.05, 0) is 37.8 Å². The fraction of sp³-hybridized carbons (Fsp3) is 1.00. The summed E-state index contributed by atoms with van der Waals surface area (Å²) in [5.41, 5.74) is 0. The minimum absolute atomic E-state index is 0.845. The Morgan fingerprint density at radius 1 is 1.07 bits per heavy atom. The summed E-state index contributed by atoms with van der Waals surface area (Å²) in [6.07, 6.45) is 10.2. The highest BCUT2D eigenvalue weighted by atomic mass is 14.8. The minimum Gasteiger partial charge on any atom is -0.317 e. The van der Waals surface area contributed by atoms with Gasteiger partial charge in [-0.15, -0.1) is 0 Å². The van der Waals surface area contributed by atoms with Gasteiger partial charge in [0.1, 0.15) is 0 Å². The average Bonchev–Trinajstić information content (AvgIpc) is 2.18. The Labute approximate surface area is 89.7 Å². The largest absolute Gasteiger partial charge is 0.317 e. The summed E-state index contributed by atoms with van der Waals surface area (Å²) >= 11 is 0. The second-order valence-electron chi connectivity index (χ2n) is 5.23. The first kappa shape index (κ1) is 12.0. The van der Waals surface area contributed by atoms with Crippen molar-refractivity contribution in [3.63, 3.8) is 0 Å². The Morgan fingerprint density at radius 2 is 1.79 bits per heavy atom. The highest BCUT2D eigenvalue weighted by Gasteiger charge is 2.12. The molecular formula is C13H27N. The zero-order valence-electron chi connectivity index (χ0n) is 10.0. The second-order valence-corrected chi connectivity index (χ2v) is 5.23. The van der Waals surface area contributed by atoms with Crippen LogP contribution in [0.3, 0.4) is 0 Å². The van der Waals surface area contributed by atoms with Crippen LogP contribution in [0.5, 0.6) is 0 Å². The summed E-state index contributed by atoms with van der Waals surface area (Å²) in [7, 11) is 0. The molecule has 1 heteroatoms. The normalized spacial score (nSPS) is 19.1. The average molecular weight is 197 g/mol. The van der Waals surface area contributed by atoms with Crippen molar-refractivity contribution >= 4 is 0 Å². The van der Waals surface area contributed by atoms with Gasteiger partial charge in [-0.2, -0.15) is 0 Å². The molecule has 0 amide bonds. The van der Waals surface area contributed by atoms with E-state index in [1.54, 1.807) is 0 Å². The molecule has 0 atom stereocenters. The Morgan fingerprint density at radius 3 is 2.43 bits per heavy atom. The van der Waals surface area contributed by atoms with E-state index in [-0.39, 0.29) is 0 Å². The SMILES string of the molecule is CC(C)CCNCCC1CCCCC1. The monoisotopic (exact) mass is 197 g/mol. The molecule has 1 rings (SSSR count). The van der Waals surface area contributed by atoms with Crippen molar-refractivity contribution in [3.8, 4) is 0 Å². The van der Waals surface area contributed by atoms with Crippen molar-refractivity contribution < 1.29 is 0 Å². The van der Waals surface area contributed by atoms with Gasteiger partial charge in [0.25, 0.3) is 0 Å². The van der Waals surface area contributed by atoms with Gasteiger partial charge < -0.3 is 5.32 Å². The summed E-state index contributed by atoms with van der Waals surface area (Å²) in [5, 5.41) is 3.56. The van der Waals surface area contributed by atoms with Gasteiger partial charge in [0.15, 0.2) is 0 Å². The molecule has 0 aliphatic heterocycles. The van der Waals surface area contributed by atoms with Gasteiger partial charge >= 0.3 is 0 Å². The lowest BCUT2D eigenvalue weighted by atomic mass is 9.87. The van der Waals surface area contributed by atoms with Crippen LogP contribution in [-0.2, 0) is 0 Å². The van der Waals surface area contributed by atoms with Crippen LogP contribution >= 0.6 is 0 Å². The van der Waals surface area contributed by atoms with Crippen LogP contribution in [0.1, 0.15) is 58.8 Å². The number of nitrogens with one attached hydrogen (secondary N) is 1. The van der Waals surface area contributed by atoms with Crippen molar-refractivity contribution in [1.29, 1.82) is 0 Å². The molecule has 0 saturated heterocycles. The fourth-order valence-corrected chi connectivity index (χ4v) is 2.30. The van der Waals surface area contributed by atoms with Crippen molar-refractivity contribution in [3.05, 3.63) is 0 Å². The van der Waals surface area contributed by atoms with E-state index in [2.05, 4.69) is 19.2 Å². The molecule has 1 saturated carbocycles. The molecule has 0 aromatic rings. The maximum absolute atomic E-state index is 3.56. The van der Waals surface area contributed by atoms with E-state index in [1.165, 1.54) is 58.0 Å². The Bertz CT molecular complexity index is 125. The molecule has 0 radical (unpaired) electrons. The summed E-state index contributed by atoms with van der Waals surface area (Å²) in [4.78, 5) is 0. The van der Waals surface area contributed by atoms with Crippen molar-refractivity contribution in [2.75, 3.05) is 13.1 Å². The lowest BCUT2D eigenvalue weighted by Gasteiger charge is -2.21. The first-order valence-corrected chi connectivity index (χ1v) is 6.49. The van der Waals surface area contributed by atoms with E-state index in [0.29, 0.717) is 0 Å². The predicted molar refractivity (Wildman–Crippen MR) is 63.5 cm³/mol. The van der Waals surface area contributed by atoms with Crippen LogP contribution in [0.25, 0.3) is 0 Å².